The molecule has 2 aromatic carbocycles. The molecule has 0 aromatic heterocycles. The topological polar surface area (TPSA) is 73.6 Å². The Labute approximate surface area is 154 Å². The SMILES string of the molecule is CCOc1ccccc1Oc1ccccc1C(=O)NCCCCN.Cl. The van der Waals surface area contributed by atoms with E-state index in [4.69, 9.17) is 15.2 Å². The summed E-state index contributed by atoms with van der Waals surface area (Å²) >= 11 is 0. The molecule has 1 amide bonds. The van der Waals surface area contributed by atoms with E-state index in [-0.39, 0.29) is 18.3 Å². The van der Waals surface area contributed by atoms with Gasteiger partial charge in [0.25, 0.3) is 5.91 Å². The number of hydrogen-bond donors (Lipinski definition) is 2. The predicted octanol–water partition coefficient (Wildman–Crippen LogP) is 3.77. The van der Waals surface area contributed by atoms with Gasteiger partial charge in [-0.15, -0.1) is 12.4 Å². The summed E-state index contributed by atoms with van der Waals surface area (Å²) in [7, 11) is 0. The van der Waals surface area contributed by atoms with Crippen molar-refractivity contribution in [2.75, 3.05) is 19.7 Å². The number of nitrogens with two attached hydrogens (primary N) is 1. The third kappa shape index (κ3) is 6.29. The number of rotatable bonds is 9. The minimum absolute atomic E-state index is 0. The van der Waals surface area contributed by atoms with Crippen LogP contribution in [0, 0.1) is 0 Å². The number of halogens is 1. The minimum atomic E-state index is -0.156. The number of unbranched alkanes of at least 4 members (excludes halogenated alkanes) is 1. The second-order valence-electron chi connectivity index (χ2n) is 5.23. The Hall–Kier alpha value is -2.24. The van der Waals surface area contributed by atoms with E-state index in [1.54, 1.807) is 12.1 Å². The van der Waals surface area contributed by atoms with E-state index >= 15 is 0 Å². The maximum atomic E-state index is 12.4. The number of benzene rings is 2. The molecule has 2 rings (SSSR count). The number of ether oxygens (including phenoxy) is 2. The van der Waals surface area contributed by atoms with Gasteiger partial charge in [0, 0.05) is 6.54 Å². The molecule has 0 saturated carbocycles. The second kappa shape index (κ2) is 11.3. The van der Waals surface area contributed by atoms with Crippen LogP contribution in [0.2, 0.25) is 0 Å². The zero-order valence-corrected chi connectivity index (χ0v) is 15.2. The maximum absolute atomic E-state index is 12.4. The average molecular weight is 365 g/mol. The van der Waals surface area contributed by atoms with Crippen LogP contribution in [0.25, 0.3) is 0 Å². The molecule has 0 fully saturated rings. The van der Waals surface area contributed by atoms with Crippen LogP contribution in [0.5, 0.6) is 17.2 Å². The summed E-state index contributed by atoms with van der Waals surface area (Å²) in [5, 5.41) is 2.89. The van der Waals surface area contributed by atoms with Crippen molar-refractivity contribution in [3.63, 3.8) is 0 Å². The van der Waals surface area contributed by atoms with Crippen molar-refractivity contribution >= 4 is 18.3 Å². The van der Waals surface area contributed by atoms with Gasteiger partial charge < -0.3 is 20.5 Å². The van der Waals surface area contributed by atoms with Crippen molar-refractivity contribution in [2.45, 2.75) is 19.8 Å². The smallest absolute Gasteiger partial charge is 0.255 e. The summed E-state index contributed by atoms with van der Waals surface area (Å²) in [5.41, 5.74) is 5.96. The summed E-state index contributed by atoms with van der Waals surface area (Å²) in [5.74, 6) is 1.58. The standard InChI is InChI=1S/C19H24N2O3.ClH/c1-2-23-17-11-5-6-12-18(17)24-16-10-4-3-9-15(16)19(22)21-14-8-7-13-20;/h3-6,9-12H,2,7-8,13-14,20H2,1H3,(H,21,22);1H. The van der Waals surface area contributed by atoms with Crippen LogP contribution >= 0.6 is 12.4 Å². The second-order valence-corrected chi connectivity index (χ2v) is 5.23. The molecule has 5 nitrogen and oxygen atoms in total. The van der Waals surface area contributed by atoms with Crippen LogP contribution in [-0.2, 0) is 0 Å². The molecule has 0 aliphatic carbocycles. The molecule has 25 heavy (non-hydrogen) atoms. The summed E-state index contributed by atoms with van der Waals surface area (Å²) < 4.78 is 11.5. The van der Waals surface area contributed by atoms with Gasteiger partial charge in [0.05, 0.1) is 12.2 Å². The van der Waals surface area contributed by atoms with Gasteiger partial charge in [-0.1, -0.05) is 24.3 Å². The fourth-order valence-electron chi connectivity index (χ4n) is 2.24. The molecule has 0 spiro atoms. The number of carbonyl (C=O) groups is 1. The van der Waals surface area contributed by atoms with Crippen molar-refractivity contribution in [1.29, 1.82) is 0 Å². The van der Waals surface area contributed by atoms with E-state index in [0.29, 0.717) is 42.5 Å². The lowest BCUT2D eigenvalue weighted by Gasteiger charge is -2.14. The lowest BCUT2D eigenvalue weighted by Crippen LogP contribution is -2.25. The first kappa shape index (κ1) is 20.8. The first-order chi connectivity index (χ1) is 11.8. The van der Waals surface area contributed by atoms with Crippen molar-refractivity contribution in [2.24, 2.45) is 5.73 Å². The van der Waals surface area contributed by atoms with Crippen molar-refractivity contribution in [1.82, 2.24) is 5.32 Å². The van der Waals surface area contributed by atoms with Crippen molar-refractivity contribution < 1.29 is 14.3 Å². The summed E-state index contributed by atoms with van der Waals surface area (Å²) in [6, 6.07) is 14.6. The third-order valence-electron chi connectivity index (χ3n) is 3.42. The average Bonchev–Trinajstić information content (AvgIpc) is 2.61. The van der Waals surface area contributed by atoms with Crippen LogP contribution < -0.4 is 20.5 Å². The first-order valence-electron chi connectivity index (χ1n) is 8.23. The van der Waals surface area contributed by atoms with Gasteiger partial charge in [-0.25, -0.2) is 0 Å². The highest BCUT2D eigenvalue weighted by molar-refractivity contribution is 5.97. The first-order valence-corrected chi connectivity index (χ1v) is 8.23. The highest BCUT2D eigenvalue weighted by Crippen LogP contribution is 2.32. The Morgan fingerprint density at radius 1 is 1.00 bits per heavy atom. The number of hydrogen-bond acceptors (Lipinski definition) is 4. The molecule has 2 aromatic rings. The molecule has 0 unspecified atom stereocenters. The number of carbonyl (C=O) groups excluding carboxylic acids is 1. The Morgan fingerprint density at radius 3 is 2.32 bits per heavy atom. The quantitative estimate of drug-likeness (QED) is 0.664. The van der Waals surface area contributed by atoms with Crippen LogP contribution in [0.3, 0.4) is 0 Å². The third-order valence-corrected chi connectivity index (χ3v) is 3.42. The molecule has 3 N–H and O–H groups in total. The molecule has 0 heterocycles. The van der Waals surface area contributed by atoms with E-state index in [1.165, 1.54) is 0 Å². The molecule has 0 bridgehead atoms. The molecule has 0 atom stereocenters. The number of para-hydroxylation sites is 3. The molecule has 0 radical (unpaired) electrons. The van der Waals surface area contributed by atoms with Gasteiger partial charge in [0.2, 0.25) is 0 Å². The molecule has 136 valence electrons. The van der Waals surface area contributed by atoms with Crippen molar-refractivity contribution in [3.05, 3.63) is 54.1 Å². The Morgan fingerprint density at radius 2 is 1.64 bits per heavy atom. The summed E-state index contributed by atoms with van der Waals surface area (Å²) in [6.45, 7) is 3.69. The molecule has 0 saturated heterocycles. The van der Waals surface area contributed by atoms with Crippen LogP contribution in [0.4, 0.5) is 0 Å². The number of amides is 1. The largest absolute Gasteiger partial charge is 0.490 e. The number of nitrogens with one attached hydrogen (secondary N) is 1. The minimum Gasteiger partial charge on any atom is -0.490 e. The lowest BCUT2D eigenvalue weighted by atomic mass is 10.2. The van der Waals surface area contributed by atoms with Gasteiger partial charge in [-0.05, 0) is 50.6 Å². The van der Waals surface area contributed by atoms with Crippen molar-refractivity contribution in [3.8, 4) is 17.2 Å². The fraction of sp³-hybridized carbons (Fsp3) is 0.316. The molecule has 6 heteroatoms. The Balaban J connectivity index is 0.00000312. The fourth-order valence-corrected chi connectivity index (χ4v) is 2.24. The summed E-state index contributed by atoms with van der Waals surface area (Å²) in [6.07, 6.45) is 1.75. The van der Waals surface area contributed by atoms with E-state index < -0.39 is 0 Å². The monoisotopic (exact) mass is 364 g/mol. The molecular weight excluding hydrogens is 340 g/mol. The predicted molar refractivity (Wildman–Crippen MR) is 102 cm³/mol. The van der Waals surface area contributed by atoms with Gasteiger partial charge in [0.1, 0.15) is 5.75 Å². The highest BCUT2D eigenvalue weighted by atomic mass is 35.5. The Kier molecular flexibility index (Phi) is 9.43. The molecule has 0 aliphatic rings. The Bertz CT molecular complexity index is 665. The normalized spacial score (nSPS) is 9.84. The lowest BCUT2D eigenvalue weighted by molar-refractivity contribution is 0.0950. The maximum Gasteiger partial charge on any atom is 0.255 e. The van der Waals surface area contributed by atoms with Crippen LogP contribution in [0.1, 0.15) is 30.1 Å². The van der Waals surface area contributed by atoms with Crippen LogP contribution in [0.15, 0.2) is 48.5 Å². The van der Waals surface area contributed by atoms with Crippen LogP contribution in [-0.4, -0.2) is 25.6 Å². The van der Waals surface area contributed by atoms with E-state index in [2.05, 4.69) is 5.32 Å². The molecule has 0 aliphatic heterocycles. The zero-order chi connectivity index (χ0) is 17.2. The van der Waals surface area contributed by atoms with Gasteiger partial charge in [0.15, 0.2) is 11.5 Å². The van der Waals surface area contributed by atoms with Gasteiger partial charge in [-0.3, -0.25) is 4.79 Å². The van der Waals surface area contributed by atoms with Gasteiger partial charge >= 0.3 is 0 Å². The van der Waals surface area contributed by atoms with E-state index in [1.807, 2.05) is 43.3 Å². The highest BCUT2D eigenvalue weighted by Gasteiger charge is 2.14. The zero-order valence-electron chi connectivity index (χ0n) is 14.4. The van der Waals surface area contributed by atoms with Gasteiger partial charge in [-0.2, -0.15) is 0 Å². The van der Waals surface area contributed by atoms with E-state index in [9.17, 15) is 4.79 Å². The summed E-state index contributed by atoms with van der Waals surface area (Å²) in [4.78, 5) is 12.4. The van der Waals surface area contributed by atoms with E-state index in [0.717, 1.165) is 12.8 Å². The molecular formula is C19H25ClN2O3.